The summed E-state index contributed by atoms with van der Waals surface area (Å²) in [7, 11) is 1.66. The third-order valence-corrected chi connectivity index (χ3v) is 4.24. The van der Waals surface area contributed by atoms with Gasteiger partial charge in [0.25, 0.3) is 0 Å². The Morgan fingerprint density at radius 1 is 1.38 bits per heavy atom. The number of carbonyl (C=O) groups excluding carboxylic acids is 2. The molecule has 2 saturated heterocycles. The Balaban J connectivity index is 1.98. The number of carbonyl (C=O) groups is 2. The molecule has 1 N–H and O–H groups in total. The molecule has 2 fully saturated rings. The second-order valence-corrected chi connectivity index (χ2v) is 5.92. The molecule has 120 valence electrons. The zero-order valence-corrected chi connectivity index (χ0v) is 13.1. The smallest absolute Gasteiger partial charge is 0.245 e. The van der Waals surface area contributed by atoms with Crippen LogP contribution in [0.1, 0.15) is 32.6 Å². The van der Waals surface area contributed by atoms with Gasteiger partial charge in [-0.15, -0.1) is 0 Å². The van der Waals surface area contributed by atoms with Gasteiger partial charge < -0.3 is 19.9 Å². The van der Waals surface area contributed by atoms with Gasteiger partial charge in [0, 0.05) is 26.2 Å². The predicted molar refractivity (Wildman–Crippen MR) is 79.9 cm³/mol. The third-order valence-electron chi connectivity index (χ3n) is 4.24. The zero-order chi connectivity index (χ0) is 15.2. The highest BCUT2D eigenvalue weighted by atomic mass is 16.5. The van der Waals surface area contributed by atoms with E-state index in [2.05, 4.69) is 12.2 Å². The first-order chi connectivity index (χ1) is 10.2. The molecule has 2 aliphatic rings. The second kappa shape index (κ2) is 7.75. The summed E-state index contributed by atoms with van der Waals surface area (Å²) in [5.74, 6) is 0.194. The van der Waals surface area contributed by atoms with E-state index in [-0.39, 0.29) is 30.4 Å². The van der Waals surface area contributed by atoms with Crippen molar-refractivity contribution in [3.8, 4) is 0 Å². The SMILES string of the molecule is CCCNC(COC)CN1CC(=O)N2CCCCC2C1=O. The molecule has 2 atom stereocenters. The predicted octanol–water partition coefficient (Wildman–Crippen LogP) is 0.224. The molecule has 2 unspecified atom stereocenters. The summed E-state index contributed by atoms with van der Waals surface area (Å²) in [5.41, 5.74) is 0. The molecule has 0 aliphatic carbocycles. The first-order valence-electron chi connectivity index (χ1n) is 7.98. The fraction of sp³-hybridized carbons (Fsp3) is 0.867. The topological polar surface area (TPSA) is 61.9 Å². The Hall–Kier alpha value is -1.14. The Labute approximate surface area is 126 Å². The maximum absolute atomic E-state index is 12.6. The molecule has 0 aromatic rings. The highest BCUT2D eigenvalue weighted by Crippen LogP contribution is 2.23. The van der Waals surface area contributed by atoms with Crippen LogP contribution in [-0.4, -0.2) is 73.6 Å². The molecule has 0 saturated carbocycles. The van der Waals surface area contributed by atoms with Gasteiger partial charge in [0.2, 0.25) is 11.8 Å². The normalized spacial score (nSPS) is 24.2. The molecular formula is C15H27N3O3. The zero-order valence-electron chi connectivity index (χ0n) is 13.1. The van der Waals surface area contributed by atoms with Gasteiger partial charge >= 0.3 is 0 Å². The maximum Gasteiger partial charge on any atom is 0.245 e. The average molecular weight is 297 g/mol. The lowest BCUT2D eigenvalue weighted by molar-refractivity contribution is -0.158. The summed E-state index contributed by atoms with van der Waals surface area (Å²) in [6.07, 6.45) is 3.88. The molecule has 0 aromatic carbocycles. The van der Waals surface area contributed by atoms with E-state index in [9.17, 15) is 9.59 Å². The number of nitrogens with one attached hydrogen (secondary N) is 1. The number of methoxy groups -OCH3 is 1. The monoisotopic (exact) mass is 297 g/mol. The van der Waals surface area contributed by atoms with Gasteiger partial charge in [-0.2, -0.15) is 0 Å². The molecule has 21 heavy (non-hydrogen) atoms. The van der Waals surface area contributed by atoms with Gasteiger partial charge in [-0.3, -0.25) is 9.59 Å². The van der Waals surface area contributed by atoms with Gasteiger partial charge in [0.15, 0.2) is 0 Å². The fourth-order valence-corrected chi connectivity index (χ4v) is 3.18. The van der Waals surface area contributed by atoms with E-state index in [4.69, 9.17) is 4.74 Å². The molecule has 0 bridgehead atoms. The molecule has 0 radical (unpaired) electrons. The lowest BCUT2D eigenvalue weighted by Gasteiger charge is -2.43. The number of hydrogen-bond acceptors (Lipinski definition) is 4. The minimum atomic E-state index is -0.227. The van der Waals surface area contributed by atoms with Gasteiger partial charge in [0.1, 0.15) is 6.04 Å². The Kier molecular flexibility index (Phi) is 5.99. The quantitative estimate of drug-likeness (QED) is 0.730. The van der Waals surface area contributed by atoms with E-state index in [0.717, 1.165) is 38.8 Å². The van der Waals surface area contributed by atoms with Crippen molar-refractivity contribution in [2.75, 3.05) is 39.9 Å². The second-order valence-electron chi connectivity index (χ2n) is 5.92. The largest absolute Gasteiger partial charge is 0.383 e. The van der Waals surface area contributed by atoms with E-state index in [1.807, 2.05) is 0 Å². The molecule has 2 amide bonds. The number of rotatable bonds is 7. The van der Waals surface area contributed by atoms with E-state index in [1.165, 1.54) is 0 Å². The van der Waals surface area contributed by atoms with Crippen molar-refractivity contribution in [2.45, 2.75) is 44.7 Å². The molecule has 0 spiro atoms. The summed E-state index contributed by atoms with van der Waals surface area (Å²) >= 11 is 0. The highest BCUT2D eigenvalue weighted by molar-refractivity contribution is 5.95. The number of piperazine rings is 1. The number of piperidine rings is 1. The minimum Gasteiger partial charge on any atom is -0.383 e. The summed E-state index contributed by atoms with van der Waals surface area (Å²) in [5, 5.41) is 3.38. The fourth-order valence-electron chi connectivity index (χ4n) is 3.18. The number of fused-ring (bicyclic) bond motifs is 1. The number of nitrogens with zero attached hydrogens (tertiary/aromatic N) is 2. The van der Waals surface area contributed by atoms with Crippen LogP contribution in [0.25, 0.3) is 0 Å². The van der Waals surface area contributed by atoms with Crippen molar-refractivity contribution in [2.24, 2.45) is 0 Å². The van der Waals surface area contributed by atoms with Crippen molar-refractivity contribution < 1.29 is 14.3 Å². The van der Waals surface area contributed by atoms with Crippen LogP contribution in [0.4, 0.5) is 0 Å². The summed E-state index contributed by atoms with van der Waals surface area (Å²) in [4.78, 5) is 28.3. The summed E-state index contributed by atoms with van der Waals surface area (Å²) < 4.78 is 5.22. The van der Waals surface area contributed by atoms with Crippen LogP contribution >= 0.6 is 0 Å². The maximum atomic E-state index is 12.6. The van der Waals surface area contributed by atoms with Gasteiger partial charge in [0.05, 0.1) is 13.2 Å². The van der Waals surface area contributed by atoms with Crippen molar-refractivity contribution in [3.63, 3.8) is 0 Å². The molecule has 2 aliphatic heterocycles. The van der Waals surface area contributed by atoms with E-state index >= 15 is 0 Å². The third kappa shape index (κ3) is 3.95. The van der Waals surface area contributed by atoms with Crippen molar-refractivity contribution in [1.29, 1.82) is 0 Å². The van der Waals surface area contributed by atoms with Crippen molar-refractivity contribution in [3.05, 3.63) is 0 Å². The van der Waals surface area contributed by atoms with Crippen LogP contribution in [0.3, 0.4) is 0 Å². The van der Waals surface area contributed by atoms with Gasteiger partial charge in [-0.1, -0.05) is 6.92 Å². The van der Waals surface area contributed by atoms with Crippen molar-refractivity contribution in [1.82, 2.24) is 15.1 Å². The lowest BCUT2D eigenvalue weighted by Crippen LogP contribution is -2.63. The standard InChI is InChI=1S/C15H27N3O3/c1-3-7-16-12(11-21-2)9-17-10-14(19)18-8-5-4-6-13(18)15(17)20/h12-13,16H,3-11H2,1-2H3. The van der Waals surface area contributed by atoms with E-state index < -0.39 is 0 Å². The minimum absolute atomic E-state index is 0.0850. The van der Waals surface area contributed by atoms with Crippen LogP contribution in [-0.2, 0) is 14.3 Å². The first-order valence-corrected chi connectivity index (χ1v) is 7.98. The lowest BCUT2D eigenvalue weighted by atomic mass is 9.98. The van der Waals surface area contributed by atoms with Gasteiger partial charge in [-0.25, -0.2) is 0 Å². The van der Waals surface area contributed by atoms with Crippen LogP contribution in [0.15, 0.2) is 0 Å². The Bertz CT molecular complexity index is 375. The van der Waals surface area contributed by atoms with E-state index in [0.29, 0.717) is 13.2 Å². The Morgan fingerprint density at radius 3 is 2.90 bits per heavy atom. The van der Waals surface area contributed by atoms with Crippen LogP contribution in [0, 0.1) is 0 Å². The van der Waals surface area contributed by atoms with E-state index in [1.54, 1.807) is 16.9 Å². The highest BCUT2D eigenvalue weighted by Gasteiger charge is 2.40. The number of ether oxygens (including phenoxy) is 1. The average Bonchev–Trinajstić information content (AvgIpc) is 2.50. The summed E-state index contributed by atoms with van der Waals surface area (Å²) in [6.45, 7) is 5.03. The van der Waals surface area contributed by atoms with Gasteiger partial charge in [-0.05, 0) is 32.2 Å². The number of hydrogen-bond donors (Lipinski definition) is 1. The van der Waals surface area contributed by atoms with Crippen LogP contribution in [0.2, 0.25) is 0 Å². The van der Waals surface area contributed by atoms with Crippen LogP contribution in [0.5, 0.6) is 0 Å². The molecule has 6 nitrogen and oxygen atoms in total. The van der Waals surface area contributed by atoms with Crippen LogP contribution < -0.4 is 5.32 Å². The molecular weight excluding hydrogens is 270 g/mol. The molecule has 0 aromatic heterocycles. The Morgan fingerprint density at radius 2 is 2.19 bits per heavy atom. The summed E-state index contributed by atoms with van der Waals surface area (Å²) in [6, 6.07) is -0.142. The molecule has 2 rings (SSSR count). The first kappa shape index (κ1) is 16.2. The molecule has 2 heterocycles. The molecule has 6 heteroatoms. The van der Waals surface area contributed by atoms with Crippen molar-refractivity contribution >= 4 is 11.8 Å². The number of amides is 2.